The molecule has 0 spiro atoms. The van der Waals surface area contributed by atoms with Crippen LogP contribution in [0.15, 0.2) is 212 Å². The van der Waals surface area contributed by atoms with Gasteiger partial charge in [-0.1, -0.05) is 140 Å². The predicted octanol–water partition coefficient (Wildman–Crippen LogP) is 15.8. The van der Waals surface area contributed by atoms with Gasteiger partial charge in [-0.3, -0.25) is 0 Å². The van der Waals surface area contributed by atoms with Crippen molar-refractivity contribution in [3.8, 4) is 39.1 Å². The Morgan fingerprint density at radius 2 is 0.966 bits per heavy atom. The molecule has 0 N–H and O–H groups in total. The van der Waals surface area contributed by atoms with Crippen LogP contribution < -0.4 is 4.90 Å². The Labute approximate surface area is 339 Å². The van der Waals surface area contributed by atoms with Crippen molar-refractivity contribution in [1.82, 2.24) is 4.57 Å². The molecule has 0 saturated carbocycles. The zero-order chi connectivity index (χ0) is 38.6. The van der Waals surface area contributed by atoms with Crippen LogP contribution in [-0.2, 0) is 0 Å². The van der Waals surface area contributed by atoms with Crippen LogP contribution in [0.3, 0.4) is 0 Å². The number of thiophene rings is 1. The summed E-state index contributed by atoms with van der Waals surface area (Å²) < 4.78 is 19.9. The summed E-state index contributed by atoms with van der Waals surface area (Å²) in [7, 11) is 0. The molecule has 274 valence electrons. The zero-order valence-corrected chi connectivity index (χ0v) is 32.2. The number of aromatic nitrogens is 1. The van der Waals surface area contributed by atoms with Gasteiger partial charge in [-0.2, -0.15) is 0 Å². The average molecular weight is 763 g/mol. The maximum atomic E-state index is 15.2. The summed E-state index contributed by atoms with van der Waals surface area (Å²) in [6.45, 7) is 0. The van der Waals surface area contributed by atoms with Gasteiger partial charge in [0.25, 0.3) is 0 Å². The molecule has 0 radical (unpaired) electrons. The Kier molecular flexibility index (Phi) is 8.23. The maximum absolute atomic E-state index is 15.2. The lowest BCUT2D eigenvalue weighted by Crippen LogP contribution is -2.10. The molecule has 0 bridgehead atoms. The highest BCUT2D eigenvalue weighted by molar-refractivity contribution is 7.26. The number of para-hydroxylation sites is 1. The van der Waals surface area contributed by atoms with E-state index in [4.69, 9.17) is 0 Å². The first kappa shape index (κ1) is 34.0. The van der Waals surface area contributed by atoms with E-state index in [2.05, 4.69) is 185 Å². The van der Waals surface area contributed by atoms with Gasteiger partial charge in [0.05, 0.1) is 11.0 Å². The molecule has 0 fully saturated rings. The van der Waals surface area contributed by atoms with Crippen LogP contribution in [0.4, 0.5) is 21.5 Å². The van der Waals surface area contributed by atoms with Crippen molar-refractivity contribution in [2.75, 3.05) is 4.90 Å². The molecule has 9 aromatic carbocycles. The average Bonchev–Trinajstić information content (AvgIpc) is 3.84. The van der Waals surface area contributed by atoms with Gasteiger partial charge in [-0.05, 0) is 106 Å². The first-order valence-electron chi connectivity index (χ1n) is 19.5. The Bertz CT molecular complexity index is 3270. The molecule has 58 heavy (non-hydrogen) atoms. The molecular weight excluding hydrogens is 728 g/mol. The van der Waals surface area contributed by atoms with E-state index < -0.39 is 0 Å². The second-order valence-electron chi connectivity index (χ2n) is 14.7. The first-order chi connectivity index (χ1) is 28.7. The normalized spacial score (nSPS) is 11.5. The fourth-order valence-electron chi connectivity index (χ4n) is 8.53. The Hall–Kier alpha value is -7.27. The van der Waals surface area contributed by atoms with E-state index >= 15 is 4.39 Å². The second-order valence-corrected chi connectivity index (χ2v) is 15.7. The fraction of sp³-hybridized carbons (Fsp3) is 0. The standard InChI is InChI=1S/C54H35FN2S/c55-49-19-10-21-51-53(49)48-16-4-6-20-50(48)57(51)43-31-25-38(26-32-43)40-13-8-14-44(35-40)56(41-29-23-37(24-30-41)36-11-2-1-3-12-36)42-33-27-39(28-34-42)45-17-9-18-47-46-15-5-7-22-52(46)58-54(45)47/h1-35H. The second kappa shape index (κ2) is 14.0. The van der Waals surface area contributed by atoms with Gasteiger partial charge in [0.2, 0.25) is 0 Å². The first-order valence-corrected chi connectivity index (χ1v) is 20.3. The summed E-state index contributed by atoms with van der Waals surface area (Å²) in [5, 5.41) is 4.17. The van der Waals surface area contributed by atoms with E-state index in [0.717, 1.165) is 50.3 Å². The third kappa shape index (κ3) is 5.77. The van der Waals surface area contributed by atoms with Gasteiger partial charge in [-0.15, -0.1) is 11.3 Å². The Morgan fingerprint density at radius 3 is 1.76 bits per heavy atom. The molecule has 2 aromatic heterocycles. The van der Waals surface area contributed by atoms with Crippen LogP contribution in [0.1, 0.15) is 0 Å². The topological polar surface area (TPSA) is 8.17 Å². The van der Waals surface area contributed by atoms with Gasteiger partial charge >= 0.3 is 0 Å². The van der Waals surface area contributed by atoms with Crippen molar-refractivity contribution in [1.29, 1.82) is 0 Å². The van der Waals surface area contributed by atoms with Crippen LogP contribution in [0.2, 0.25) is 0 Å². The van der Waals surface area contributed by atoms with Crippen molar-refractivity contribution < 1.29 is 4.39 Å². The number of anilines is 3. The van der Waals surface area contributed by atoms with E-state index in [9.17, 15) is 0 Å². The van der Waals surface area contributed by atoms with Crippen LogP contribution in [0.25, 0.3) is 81.0 Å². The van der Waals surface area contributed by atoms with E-state index in [1.165, 1.54) is 48.5 Å². The highest BCUT2D eigenvalue weighted by atomic mass is 32.1. The van der Waals surface area contributed by atoms with Gasteiger partial charge in [0.15, 0.2) is 0 Å². The summed E-state index contributed by atoms with van der Waals surface area (Å²) in [5.74, 6) is -0.205. The summed E-state index contributed by atoms with van der Waals surface area (Å²) in [6.07, 6.45) is 0. The molecule has 0 aliphatic rings. The van der Waals surface area contributed by atoms with Crippen LogP contribution in [0, 0.1) is 5.82 Å². The molecular formula is C54H35FN2S. The van der Waals surface area contributed by atoms with Gasteiger partial charge in [-0.25, -0.2) is 4.39 Å². The molecule has 11 rings (SSSR count). The summed E-state index contributed by atoms with van der Waals surface area (Å²) in [4.78, 5) is 2.34. The lowest BCUT2D eigenvalue weighted by Gasteiger charge is -2.26. The number of rotatable bonds is 7. The lowest BCUT2D eigenvalue weighted by molar-refractivity contribution is 0.640. The minimum Gasteiger partial charge on any atom is -0.310 e. The van der Waals surface area contributed by atoms with Gasteiger partial charge in [0.1, 0.15) is 5.82 Å². The molecule has 11 aromatic rings. The van der Waals surface area contributed by atoms with Crippen molar-refractivity contribution in [2.24, 2.45) is 0 Å². The number of halogens is 1. The fourth-order valence-corrected chi connectivity index (χ4v) is 9.76. The van der Waals surface area contributed by atoms with Crippen molar-refractivity contribution in [3.05, 3.63) is 218 Å². The number of benzene rings is 9. The van der Waals surface area contributed by atoms with Crippen LogP contribution in [-0.4, -0.2) is 4.57 Å². The number of hydrogen-bond donors (Lipinski definition) is 0. The van der Waals surface area contributed by atoms with E-state index in [-0.39, 0.29) is 5.82 Å². The number of nitrogens with zero attached hydrogens (tertiary/aromatic N) is 2. The molecule has 0 amide bonds. The molecule has 0 aliphatic heterocycles. The summed E-state index contributed by atoms with van der Waals surface area (Å²) in [6, 6.07) is 74.3. The zero-order valence-electron chi connectivity index (χ0n) is 31.4. The van der Waals surface area contributed by atoms with E-state index in [1.54, 1.807) is 6.07 Å². The lowest BCUT2D eigenvalue weighted by atomic mass is 10.0. The van der Waals surface area contributed by atoms with E-state index in [0.29, 0.717) is 5.39 Å². The molecule has 0 atom stereocenters. The van der Waals surface area contributed by atoms with Crippen LogP contribution >= 0.6 is 11.3 Å². The quantitative estimate of drug-likeness (QED) is 0.157. The third-order valence-corrected chi connectivity index (χ3v) is 12.5. The van der Waals surface area contributed by atoms with Crippen LogP contribution in [0.5, 0.6) is 0 Å². The molecule has 0 unspecified atom stereocenters. The summed E-state index contributed by atoms with van der Waals surface area (Å²) in [5.41, 5.74) is 13.1. The predicted molar refractivity (Wildman–Crippen MR) is 245 cm³/mol. The molecule has 0 aliphatic carbocycles. The molecule has 0 saturated heterocycles. The monoisotopic (exact) mass is 762 g/mol. The minimum absolute atomic E-state index is 0.205. The molecule has 2 nitrogen and oxygen atoms in total. The van der Waals surface area contributed by atoms with Crippen molar-refractivity contribution in [2.45, 2.75) is 0 Å². The highest BCUT2D eigenvalue weighted by Crippen LogP contribution is 2.42. The van der Waals surface area contributed by atoms with Gasteiger partial charge < -0.3 is 9.47 Å². The molecule has 4 heteroatoms. The van der Waals surface area contributed by atoms with E-state index in [1.807, 2.05) is 35.6 Å². The van der Waals surface area contributed by atoms with Gasteiger partial charge in [0, 0.05) is 53.7 Å². The number of fused-ring (bicyclic) bond motifs is 6. The SMILES string of the molecule is Fc1cccc2c1c1ccccc1n2-c1ccc(-c2cccc(N(c3ccc(-c4ccccc4)cc3)c3ccc(-c4cccc5c4sc4ccccc45)cc3)c2)cc1. The minimum atomic E-state index is -0.205. The maximum Gasteiger partial charge on any atom is 0.133 e. The number of hydrogen-bond acceptors (Lipinski definition) is 2. The Balaban J connectivity index is 0.983. The molecule has 2 heterocycles. The smallest absolute Gasteiger partial charge is 0.133 e. The highest BCUT2D eigenvalue weighted by Gasteiger charge is 2.18. The van der Waals surface area contributed by atoms with Crippen molar-refractivity contribution >= 4 is 70.4 Å². The Morgan fingerprint density at radius 1 is 0.397 bits per heavy atom. The third-order valence-electron chi connectivity index (χ3n) is 11.3. The summed E-state index contributed by atoms with van der Waals surface area (Å²) >= 11 is 1.86. The largest absolute Gasteiger partial charge is 0.310 e. The van der Waals surface area contributed by atoms with Crippen molar-refractivity contribution in [3.63, 3.8) is 0 Å².